The zero-order valence-electron chi connectivity index (χ0n) is 39.3. The summed E-state index contributed by atoms with van der Waals surface area (Å²) in [5.74, 6) is -0.928. The molecule has 3 heterocycles. The SMILES string of the molecule is CC(/C=C/[C@H]1O[C@H](CC(=O)CC2CCC(OC(=O)CCc3ccccc3NC(=O)[C@H](C)NC(=O)[C@@H](N)C(C)C)CC2)C[C@@]2(CO2)[C@@H]1O)=C\C[C@@H]1O[C@H](C)[C@H](NC(=O)/C=C\[C@H](C)O)C[C@@H]1C. The van der Waals surface area contributed by atoms with Crippen molar-refractivity contribution in [1.82, 2.24) is 10.6 Å². The molecule has 1 spiro atoms. The highest BCUT2D eigenvalue weighted by Crippen LogP contribution is 2.44. The van der Waals surface area contributed by atoms with Gasteiger partial charge in [-0.15, -0.1) is 0 Å². The molecular weight excluding hydrogens is 833 g/mol. The Morgan fingerprint density at radius 1 is 0.985 bits per heavy atom. The Morgan fingerprint density at radius 2 is 1.69 bits per heavy atom. The second-order valence-electron chi connectivity index (χ2n) is 19.3. The minimum Gasteiger partial charge on any atom is -0.462 e. The van der Waals surface area contributed by atoms with Crippen molar-refractivity contribution < 1.29 is 53.1 Å². The number of ketones is 1. The van der Waals surface area contributed by atoms with Gasteiger partial charge in [-0.1, -0.05) is 68.8 Å². The first-order valence-electron chi connectivity index (χ1n) is 23.6. The van der Waals surface area contributed by atoms with E-state index >= 15 is 0 Å². The summed E-state index contributed by atoms with van der Waals surface area (Å²) < 4.78 is 24.2. The second-order valence-corrected chi connectivity index (χ2v) is 19.3. The van der Waals surface area contributed by atoms with Gasteiger partial charge >= 0.3 is 5.97 Å². The van der Waals surface area contributed by atoms with Gasteiger partial charge in [-0.2, -0.15) is 0 Å². The highest BCUT2D eigenvalue weighted by atomic mass is 16.6. The number of nitrogens with two attached hydrogens (primary N) is 1. The molecule has 360 valence electrons. The number of epoxide rings is 1. The summed E-state index contributed by atoms with van der Waals surface area (Å²) in [7, 11) is 0. The van der Waals surface area contributed by atoms with E-state index in [0.29, 0.717) is 50.8 Å². The van der Waals surface area contributed by atoms with E-state index in [0.717, 1.165) is 30.4 Å². The number of Topliss-reactive ketones (excluding diaryl/α,β-unsaturated/α-hetero) is 1. The van der Waals surface area contributed by atoms with Crippen molar-refractivity contribution in [3.63, 3.8) is 0 Å². The fourth-order valence-corrected chi connectivity index (χ4v) is 8.96. The van der Waals surface area contributed by atoms with E-state index in [9.17, 15) is 34.2 Å². The Bertz CT molecular complexity index is 1880. The number of aryl methyl sites for hydroxylation is 1. The molecule has 0 bridgehead atoms. The van der Waals surface area contributed by atoms with Crippen LogP contribution < -0.4 is 21.7 Å². The lowest BCUT2D eigenvalue weighted by molar-refractivity contribution is -0.151. The number of amides is 3. The molecule has 11 atom stereocenters. The van der Waals surface area contributed by atoms with E-state index in [-0.39, 0.29) is 78.7 Å². The number of hydrogen-bond donors (Lipinski definition) is 6. The molecule has 7 N–H and O–H groups in total. The van der Waals surface area contributed by atoms with Crippen molar-refractivity contribution in [3.8, 4) is 0 Å². The van der Waals surface area contributed by atoms with Crippen molar-refractivity contribution in [2.75, 3.05) is 11.9 Å². The normalized spacial score (nSPS) is 30.8. The number of benzene rings is 1. The smallest absolute Gasteiger partial charge is 0.306 e. The van der Waals surface area contributed by atoms with Crippen LogP contribution in [0.4, 0.5) is 5.69 Å². The van der Waals surface area contributed by atoms with Gasteiger partial charge in [-0.25, -0.2) is 0 Å². The van der Waals surface area contributed by atoms with E-state index in [1.807, 2.05) is 52.0 Å². The summed E-state index contributed by atoms with van der Waals surface area (Å²) in [5, 5.41) is 29.1. The molecule has 3 amide bonds. The molecule has 0 radical (unpaired) electrons. The van der Waals surface area contributed by atoms with Crippen LogP contribution >= 0.6 is 0 Å². The molecule has 1 aliphatic carbocycles. The van der Waals surface area contributed by atoms with E-state index in [1.165, 1.54) is 12.2 Å². The number of carbonyl (C=O) groups excluding carboxylic acids is 5. The number of allylic oxidation sites excluding steroid dienone is 2. The van der Waals surface area contributed by atoms with E-state index in [2.05, 4.69) is 29.0 Å². The topological polar surface area (TPSA) is 228 Å². The van der Waals surface area contributed by atoms with Crippen molar-refractivity contribution >= 4 is 35.2 Å². The second kappa shape index (κ2) is 24.0. The monoisotopic (exact) mass is 907 g/mol. The summed E-state index contributed by atoms with van der Waals surface area (Å²) in [5.41, 5.74) is 7.54. The van der Waals surface area contributed by atoms with Gasteiger partial charge in [0.1, 0.15) is 35.7 Å². The number of nitrogens with one attached hydrogen (secondary N) is 3. The number of aliphatic hydroxyl groups excluding tert-OH is 2. The zero-order chi connectivity index (χ0) is 47.4. The first kappa shape index (κ1) is 51.7. The molecule has 1 aromatic carbocycles. The van der Waals surface area contributed by atoms with Gasteiger partial charge in [0.05, 0.1) is 43.1 Å². The van der Waals surface area contributed by atoms with Crippen LogP contribution in [0.5, 0.6) is 0 Å². The number of carbonyl (C=O) groups is 5. The van der Waals surface area contributed by atoms with Gasteiger partial charge < -0.3 is 50.8 Å². The van der Waals surface area contributed by atoms with Crippen LogP contribution in [0.1, 0.15) is 118 Å². The number of rotatable bonds is 20. The molecule has 3 saturated heterocycles. The minimum absolute atomic E-state index is 0.0220. The molecule has 1 aromatic rings. The number of ether oxygens (including phenoxy) is 4. The Kier molecular flexibility index (Phi) is 19.1. The first-order chi connectivity index (χ1) is 30.8. The lowest BCUT2D eigenvalue weighted by atomic mass is 9.82. The third kappa shape index (κ3) is 15.7. The molecular formula is C50H74N4O11. The third-order valence-corrected chi connectivity index (χ3v) is 13.3. The first-order valence-corrected chi connectivity index (χ1v) is 23.6. The lowest BCUT2D eigenvalue weighted by Gasteiger charge is -2.39. The van der Waals surface area contributed by atoms with Gasteiger partial charge in [0.25, 0.3) is 0 Å². The summed E-state index contributed by atoms with van der Waals surface area (Å²) in [6, 6.07) is 5.58. The summed E-state index contributed by atoms with van der Waals surface area (Å²) in [6.07, 6.45) is 11.7. The molecule has 0 aromatic heterocycles. The van der Waals surface area contributed by atoms with Crippen LogP contribution in [-0.2, 0) is 49.3 Å². The van der Waals surface area contributed by atoms with Gasteiger partial charge in [0.2, 0.25) is 17.7 Å². The van der Waals surface area contributed by atoms with Crippen molar-refractivity contribution in [2.45, 2.75) is 186 Å². The van der Waals surface area contributed by atoms with E-state index in [4.69, 9.17) is 24.7 Å². The quantitative estimate of drug-likeness (QED) is 0.0444. The molecule has 1 saturated carbocycles. The van der Waals surface area contributed by atoms with Gasteiger partial charge in [0.15, 0.2) is 0 Å². The van der Waals surface area contributed by atoms with Gasteiger partial charge in [-0.3, -0.25) is 24.0 Å². The van der Waals surface area contributed by atoms with Crippen molar-refractivity contribution in [2.24, 2.45) is 23.5 Å². The molecule has 0 unspecified atom stereocenters. The zero-order valence-corrected chi connectivity index (χ0v) is 39.3. The van der Waals surface area contributed by atoms with Crippen LogP contribution in [-0.4, -0.2) is 113 Å². The maximum atomic E-state index is 13.4. The van der Waals surface area contributed by atoms with Crippen molar-refractivity contribution in [1.29, 1.82) is 0 Å². The average Bonchev–Trinajstić information content (AvgIpc) is 4.03. The maximum absolute atomic E-state index is 13.4. The van der Waals surface area contributed by atoms with Crippen LogP contribution in [0, 0.1) is 17.8 Å². The fraction of sp³-hybridized carbons (Fsp3) is 0.660. The number of aliphatic hydroxyl groups is 2. The predicted molar refractivity (Wildman–Crippen MR) is 246 cm³/mol. The van der Waals surface area contributed by atoms with Gasteiger partial charge in [-0.05, 0) is 102 Å². The minimum atomic E-state index is -0.847. The highest BCUT2D eigenvalue weighted by molar-refractivity contribution is 5.98. The molecule has 65 heavy (non-hydrogen) atoms. The predicted octanol–water partition coefficient (Wildman–Crippen LogP) is 4.91. The largest absolute Gasteiger partial charge is 0.462 e. The van der Waals surface area contributed by atoms with Crippen LogP contribution in [0.3, 0.4) is 0 Å². The number of anilines is 1. The number of esters is 1. The van der Waals surface area contributed by atoms with Crippen LogP contribution in [0.15, 0.2) is 60.2 Å². The Labute approximate surface area is 384 Å². The molecule has 15 nitrogen and oxygen atoms in total. The third-order valence-electron chi connectivity index (χ3n) is 13.3. The van der Waals surface area contributed by atoms with E-state index in [1.54, 1.807) is 26.0 Å². The van der Waals surface area contributed by atoms with Crippen molar-refractivity contribution in [3.05, 3.63) is 65.8 Å². The lowest BCUT2D eigenvalue weighted by Crippen LogP contribution is -2.50. The summed E-state index contributed by atoms with van der Waals surface area (Å²) in [6.45, 7) is 13.3. The highest BCUT2D eigenvalue weighted by Gasteiger charge is 2.58. The molecule has 4 fully saturated rings. The molecule has 15 heteroatoms. The Balaban J connectivity index is 1.02. The number of hydrogen-bond acceptors (Lipinski definition) is 12. The Hall–Kier alpha value is -4.25. The Morgan fingerprint density at radius 3 is 2.37 bits per heavy atom. The molecule has 5 rings (SSSR count). The summed E-state index contributed by atoms with van der Waals surface area (Å²) >= 11 is 0. The fourth-order valence-electron chi connectivity index (χ4n) is 8.96. The standard InChI is InChI=1S/C50H74N4O11/c1-29(2)46(51)49(61)52-33(6)48(60)54-40-11-9-8-10-36(40)17-23-45(58)65-38-18-15-35(16-19-38)25-37(56)26-39-27-50(28-62-50)47(59)43(64-39)21-13-30(3)12-20-42-31(4)24-41(34(7)63-42)53-44(57)22-14-32(5)55/h8-14,21-22,29,31-35,38-39,41-43,46-47,55,59H,15-20,23-28,51H2,1-7H3,(H,52,61)(H,53,57)(H,54,60)/b21-13+,22-14-,30-12+/t31-,32-,33-,34+,35?,38?,39+,41+,42-,43+,46-,47+,50+/m0/s1. The van der Waals surface area contributed by atoms with Gasteiger partial charge in [0, 0.05) is 37.4 Å². The van der Waals surface area contributed by atoms with Crippen LogP contribution in [0.2, 0.25) is 0 Å². The molecule has 4 aliphatic rings. The summed E-state index contributed by atoms with van der Waals surface area (Å²) in [4.78, 5) is 63.8. The number of para-hydroxylation sites is 1. The van der Waals surface area contributed by atoms with Crippen LogP contribution in [0.25, 0.3) is 0 Å². The van der Waals surface area contributed by atoms with E-state index < -0.39 is 47.8 Å². The average molecular weight is 907 g/mol. The maximum Gasteiger partial charge on any atom is 0.306 e. The molecule has 3 aliphatic heterocycles.